The Kier molecular flexibility index (Phi) is 2.89. The van der Waals surface area contributed by atoms with Crippen molar-refractivity contribution in [3.05, 3.63) is 33.8 Å². The van der Waals surface area contributed by atoms with Gasteiger partial charge in [0.05, 0.1) is 16.6 Å². The highest BCUT2D eigenvalue weighted by Gasteiger charge is 2.46. The van der Waals surface area contributed by atoms with E-state index in [2.05, 4.69) is 10.6 Å². The van der Waals surface area contributed by atoms with Crippen molar-refractivity contribution >= 4 is 35.2 Å². The lowest BCUT2D eigenvalue weighted by Crippen LogP contribution is -2.47. The Bertz CT molecular complexity index is 506. The van der Waals surface area contributed by atoms with Crippen LogP contribution >= 0.6 is 23.2 Å². The first-order valence-electron chi connectivity index (χ1n) is 4.70. The van der Waals surface area contributed by atoms with E-state index in [1.807, 2.05) is 0 Å². The first kappa shape index (κ1) is 12.0. The number of hydrogen-bond acceptors (Lipinski definition) is 2. The molecule has 1 fully saturated rings. The van der Waals surface area contributed by atoms with Gasteiger partial charge in [-0.3, -0.25) is 0 Å². The standard InChI is InChI=1S/C10H8Cl2N2O3/c11-6-2-1-5(3-7(6)12)10(8(15)16)4-13-9(17)14-10/h1-3H,4H2,(H,15,16)(H2,13,14,17). The number of carboxylic acids is 1. The van der Waals surface area contributed by atoms with Crippen molar-refractivity contribution in [2.75, 3.05) is 6.54 Å². The smallest absolute Gasteiger partial charge is 0.336 e. The average molecular weight is 275 g/mol. The van der Waals surface area contributed by atoms with Crippen LogP contribution in [0, 0.1) is 0 Å². The number of benzene rings is 1. The maximum Gasteiger partial charge on any atom is 0.336 e. The molecule has 5 nitrogen and oxygen atoms in total. The van der Waals surface area contributed by atoms with Gasteiger partial charge in [-0.1, -0.05) is 29.3 Å². The van der Waals surface area contributed by atoms with Crippen molar-refractivity contribution in [3.63, 3.8) is 0 Å². The number of urea groups is 1. The second kappa shape index (κ2) is 4.09. The molecule has 1 atom stereocenters. The molecule has 17 heavy (non-hydrogen) atoms. The first-order valence-corrected chi connectivity index (χ1v) is 5.46. The third-order valence-electron chi connectivity index (χ3n) is 2.62. The zero-order chi connectivity index (χ0) is 12.6. The van der Waals surface area contributed by atoms with E-state index in [-0.39, 0.29) is 11.6 Å². The monoisotopic (exact) mass is 274 g/mol. The Morgan fingerprint density at radius 3 is 2.53 bits per heavy atom. The predicted octanol–water partition coefficient (Wildman–Crippen LogP) is 1.59. The zero-order valence-corrected chi connectivity index (χ0v) is 9.97. The van der Waals surface area contributed by atoms with E-state index in [0.29, 0.717) is 10.6 Å². The lowest BCUT2D eigenvalue weighted by atomic mass is 9.91. The van der Waals surface area contributed by atoms with Crippen molar-refractivity contribution in [1.29, 1.82) is 0 Å². The highest BCUT2D eigenvalue weighted by molar-refractivity contribution is 6.42. The van der Waals surface area contributed by atoms with Gasteiger partial charge in [0.15, 0.2) is 5.54 Å². The van der Waals surface area contributed by atoms with Crippen molar-refractivity contribution in [3.8, 4) is 0 Å². The summed E-state index contributed by atoms with van der Waals surface area (Å²) in [5.74, 6) is -1.16. The number of amides is 2. The van der Waals surface area contributed by atoms with Gasteiger partial charge in [0.1, 0.15) is 0 Å². The van der Waals surface area contributed by atoms with Crippen molar-refractivity contribution < 1.29 is 14.7 Å². The molecule has 1 unspecified atom stereocenters. The highest BCUT2D eigenvalue weighted by Crippen LogP contribution is 2.30. The molecule has 0 radical (unpaired) electrons. The number of rotatable bonds is 2. The first-order chi connectivity index (χ1) is 7.95. The van der Waals surface area contributed by atoms with E-state index in [4.69, 9.17) is 23.2 Å². The molecule has 1 aromatic rings. The van der Waals surface area contributed by atoms with E-state index < -0.39 is 17.5 Å². The van der Waals surface area contributed by atoms with Crippen LogP contribution in [0.3, 0.4) is 0 Å². The summed E-state index contributed by atoms with van der Waals surface area (Å²) in [6, 6.07) is 3.92. The van der Waals surface area contributed by atoms with Gasteiger partial charge < -0.3 is 15.7 Å². The fourth-order valence-corrected chi connectivity index (χ4v) is 1.98. The van der Waals surface area contributed by atoms with Gasteiger partial charge in [0, 0.05) is 0 Å². The van der Waals surface area contributed by atoms with E-state index in [1.54, 1.807) is 0 Å². The maximum atomic E-state index is 11.3. The van der Waals surface area contributed by atoms with Gasteiger partial charge in [0.25, 0.3) is 0 Å². The lowest BCUT2D eigenvalue weighted by molar-refractivity contribution is -0.143. The minimum atomic E-state index is -1.49. The summed E-state index contributed by atoms with van der Waals surface area (Å²) in [5, 5.41) is 14.6. The van der Waals surface area contributed by atoms with Crippen LogP contribution in [0.25, 0.3) is 0 Å². The van der Waals surface area contributed by atoms with Crippen LogP contribution in [-0.4, -0.2) is 23.7 Å². The quantitative estimate of drug-likeness (QED) is 0.766. The third kappa shape index (κ3) is 1.92. The summed E-state index contributed by atoms with van der Waals surface area (Å²) < 4.78 is 0. The fourth-order valence-electron chi connectivity index (χ4n) is 1.68. The normalized spacial score (nSPS) is 23.1. The Morgan fingerprint density at radius 1 is 1.35 bits per heavy atom. The predicted molar refractivity (Wildman–Crippen MR) is 62.3 cm³/mol. The van der Waals surface area contributed by atoms with Crippen LogP contribution in [0.15, 0.2) is 18.2 Å². The fraction of sp³-hybridized carbons (Fsp3) is 0.200. The SMILES string of the molecule is O=C1NCC(C(=O)O)(c2ccc(Cl)c(Cl)c2)N1. The molecule has 3 N–H and O–H groups in total. The summed E-state index contributed by atoms with van der Waals surface area (Å²) in [7, 11) is 0. The maximum absolute atomic E-state index is 11.3. The molecule has 90 valence electrons. The lowest BCUT2D eigenvalue weighted by Gasteiger charge is -2.23. The molecule has 0 spiro atoms. The van der Waals surface area contributed by atoms with Crippen LogP contribution < -0.4 is 10.6 Å². The molecular weight excluding hydrogens is 267 g/mol. The molecule has 1 aliphatic rings. The minimum absolute atomic E-state index is 0.0425. The van der Waals surface area contributed by atoms with Crippen molar-refractivity contribution in [1.82, 2.24) is 10.6 Å². The zero-order valence-electron chi connectivity index (χ0n) is 8.46. The van der Waals surface area contributed by atoms with E-state index in [0.717, 1.165) is 0 Å². The number of nitrogens with one attached hydrogen (secondary N) is 2. The summed E-state index contributed by atoms with van der Waals surface area (Å²) in [5.41, 5.74) is -1.12. The molecular formula is C10H8Cl2N2O3. The van der Waals surface area contributed by atoms with Crippen LogP contribution in [0.1, 0.15) is 5.56 Å². The van der Waals surface area contributed by atoms with Crippen molar-refractivity contribution in [2.45, 2.75) is 5.54 Å². The number of carboxylic acid groups (broad SMARTS) is 1. The second-order valence-corrected chi connectivity index (χ2v) is 4.46. The molecule has 0 aliphatic carbocycles. The minimum Gasteiger partial charge on any atom is -0.479 e. The molecule has 7 heteroatoms. The average Bonchev–Trinajstić information content (AvgIpc) is 2.66. The number of carbonyl (C=O) groups excluding carboxylic acids is 1. The highest BCUT2D eigenvalue weighted by atomic mass is 35.5. The molecule has 2 rings (SSSR count). The van der Waals surface area contributed by atoms with E-state index in [9.17, 15) is 14.7 Å². The van der Waals surface area contributed by atoms with Crippen LogP contribution in [0.4, 0.5) is 4.79 Å². The summed E-state index contributed by atoms with van der Waals surface area (Å²) in [6.07, 6.45) is 0. The molecule has 1 aromatic carbocycles. The van der Waals surface area contributed by atoms with Gasteiger partial charge in [0.2, 0.25) is 0 Å². The summed E-state index contributed by atoms with van der Waals surface area (Å²) in [4.78, 5) is 22.5. The molecule has 0 saturated carbocycles. The molecule has 2 amide bonds. The Labute approximate surface area is 107 Å². The molecule has 1 aliphatic heterocycles. The molecule has 1 heterocycles. The van der Waals surface area contributed by atoms with Crippen molar-refractivity contribution in [2.24, 2.45) is 0 Å². The third-order valence-corrected chi connectivity index (χ3v) is 3.36. The summed E-state index contributed by atoms with van der Waals surface area (Å²) >= 11 is 11.6. The number of aliphatic carboxylic acids is 1. The Balaban J connectivity index is 2.50. The molecule has 0 aromatic heterocycles. The van der Waals surface area contributed by atoms with Gasteiger partial charge in [-0.15, -0.1) is 0 Å². The topological polar surface area (TPSA) is 78.4 Å². The Hall–Kier alpha value is -1.46. The number of hydrogen-bond donors (Lipinski definition) is 3. The largest absolute Gasteiger partial charge is 0.479 e. The van der Waals surface area contributed by atoms with Gasteiger partial charge in [-0.05, 0) is 17.7 Å². The number of halogens is 2. The Morgan fingerprint density at radius 2 is 2.06 bits per heavy atom. The number of carbonyl (C=O) groups is 2. The van der Waals surface area contributed by atoms with Crippen LogP contribution in [0.2, 0.25) is 10.0 Å². The summed E-state index contributed by atoms with van der Waals surface area (Å²) in [6.45, 7) is -0.0425. The van der Waals surface area contributed by atoms with Gasteiger partial charge in [-0.2, -0.15) is 0 Å². The molecule has 1 saturated heterocycles. The molecule has 0 bridgehead atoms. The van der Waals surface area contributed by atoms with Gasteiger partial charge >= 0.3 is 12.0 Å². The van der Waals surface area contributed by atoms with Crippen LogP contribution in [0.5, 0.6) is 0 Å². The van der Waals surface area contributed by atoms with E-state index >= 15 is 0 Å². The second-order valence-electron chi connectivity index (χ2n) is 3.65. The van der Waals surface area contributed by atoms with Crippen LogP contribution in [-0.2, 0) is 10.3 Å². The van der Waals surface area contributed by atoms with E-state index in [1.165, 1.54) is 18.2 Å². The van der Waals surface area contributed by atoms with Gasteiger partial charge in [-0.25, -0.2) is 9.59 Å².